The monoisotopic (exact) mass is 549 g/mol. The van der Waals surface area contributed by atoms with Gasteiger partial charge in [0.2, 0.25) is 11.8 Å². The fourth-order valence-corrected chi connectivity index (χ4v) is 6.05. The zero-order valence-corrected chi connectivity index (χ0v) is 24.4. The van der Waals surface area contributed by atoms with E-state index < -0.39 is 0 Å². The van der Waals surface area contributed by atoms with E-state index in [0.29, 0.717) is 37.3 Å². The molecule has 0 radical (unpaired) electrons. The van der Waals surface area contributed by atoms with E-state index in [0.717, 1.165) is 82.3 Å². The van der Waals surface area contributed by atoms with E-state index in [-0.39, 0.29) is 5.91 Å². The molecule has 2 aromatic rings. The Labute approximate surface area is 241 Å². The van der Waals surface area contributed by atoms with E-state index in [4.69, 9.17) is 0 Å². The van der Waals surface area contributed by atoms with Gasteiger partial charge in [-0.05, 0) is 99.8 Å². The fraction of sp³-hybridized carbons (Fsp3) is 0.636. The number of nitrogens with one attached hydrogen (secondary N) is 4. The topological polar surface area (TPSA) is 85.5 Å². The van der Waals surface area contributed by atoms with Gasteiger partial charge < -0.3 is 26.2 Å². The van der Waals surface area contributed by atoms with Gasteiger partial charge in [0.15, 0.2) is 0 Å². The Balaban J connectivity index is 0.959. The zero-order valence-electron chi connectivity index (χ0n) is 24.4. The largest absolute Gasteiger partial charge is 0.356 e. The lowest BCUT2D eigenvalue weighted by Crippen LogP contribution is -2.40. The van der Waals surface area contributed by atoms with Gasteiger partial charge in [0.1, 0.15) is 0 Å². The maximum atomic E-state index is 12.7. The molecular formula is C33H51N5O2. The molecule has 4 rings (SSSR count). The van der Waals surface area contributed by atoms with Crippen molar-refractivity contribution in [2.24, 2.45) is 5.92 Å². The van der Waals surface area contributed by atoms with Crippen molar-refractivity contribution in [2.45, 2.75) is 76.7 Å². The van der Waals surface area contributed by atoms with Crippen molar-refractivity contribution in [3.05, 3.63) is 48.0 Å². The number of amides is 2. The first-order chi connectivity index (χ1) is 19.7. The third-order valence-corrected chi connectivity index (χ3v) is 8.53. The molecule has 7 heteroatoms. The molecule has 2 aliphatic rings. The number of hydrogen-bond acceptors (Lipinski definition) is 5. The van der Waals surface area contributed by atoms with Crippen molar-refractivity contribution in [1.82, 2.24) is 26.2 Å². The van der Waals surface area contributed by atoms with Gasteiger partial charge in [-0.3, -0.25) is 9.59 Å². The molecule has 0 spiro atoms. The molecule has 2 saturated heterocycles. The Bertz CT molecular complexity index is 1030. The first-order valence-electron chi connectivity index (χ1n) is 15.8. The van der Waals surface area contributed by atoms with Crippen LogP contribution < -0.4 is 21.3 Å². The molecule has 0 bridgehead atoms. The van der Waals surface area contributed by atoms with E-state index in [1.54, 1.807) is 0 Å². The van der Waals surface area contributed by atoms with Crippen molar-refractivity contribution in [3.63, 3.8) is 0 Å². The summed E-state index contributed by atoms with van der Waals surface area (Å²) < 4.78 is 0. The van der Waals surface area contributed by atoms with E-state index in [2.05, 4.69) is 44.4 Å². The number of rotatable bonds is 17. The van der Waals surface area contributed by atoms with Gasteiger partial charge in [-0.15, -0.1) is 0 Å². The highest BCUT2D eigenvalue weighted by molar-refractivity contribution is 5.90. The van der Waals surface area contributed by atoms with Crippen molar-refractivity contribution >= 4 is 22.6 Å². The summed E-state index contributed by atoms with van der Waals surface area (Å²) in [5.74, 6) is 1.05. The minimum atomic E-state index is 0.0640. The second-order valence-corrected chi connectivity index (χ2v) is 11.7. The Hall–Kier alpha value is -2.48. The summed E-state index contributed by atoms with van der Waals surface area (Å²) >= 11 is 0. The highest BCUT2D eigenvalue weighted by Crippen LogP contribution is 2.19. The van der Waals surface area contributed by atoms with Crippen LogP contribution in [0.5, 0.6) is 0 Å². The van der Waals surface area contributed by atoms with Crippen LogP contribution in [-0.2, 0) is 16.0 Å². The van der Waals surface area contributed by atoms with Crippen LogP contribution in [0.3, 0.4) is 0 Å². The first kappa shape index (κ1) is 30.5. The molecule has 1 atom stereocenters. The van der Waals surface area contributed by atoms with Crippen molar-refractivity contribution < 1.29 is 9.59 Å². The van der Waals surface area contributed by atoms with Crippen molar-refractivity contribution in [2.75, 3.05) is 52.4 Å². The van der Waals surface area contributed by atoms with Gasteiger partial charge in [0.05, 0.1) is 6.42 Å². The zero-order chi connectivity index (χ0) is 27.8. The molecule has 2 heterocycles. The number of fused-ring (bicyclic) bond motifs is 1. The average molecular weight is 550 g/mol. The highest BCUT2D eigenvalue weighted by atomic mass is 16.2. The SMILES string of the molecule is O=C(Cc1cccc2ccccc12)NCCCCCC(=O)N1CCC(CNCCCCNC[C@@H]2CCCN2)CC1. The lowest BCUT2D eigenvalue weighted by molar-refractivity contribution is -0.132. The molecular weight excluding hydrogens is 498 g/mol. The molecule has 0 aliphatic carbocycles. The van der Waals surface area contributed by atoms with Gasteiger partial charge in [-0.1, -0.05) is 48.9 Å². The maximum absolute atomic E-state index is 12.7. The van der Waals surface area contributed by atoms with Crippen LogP contribution in [-0.4, -0.2) is 75.1 Å². The number of carbonyl (C=O) groups excluding carboxylic acids is 2. The number of hydrogen-bond donors (Lipinski definition) is 4. The van der Waals surface area contributed by atoms with Gasteiger partial charge in [-0.25, -0.2) is 0 Å². The maximum Gasteiger partial charge on any atom is 0.224 e. The number of piperidine rings is 1. The first-order valence-corrected chi connectivity index (χ1v) is 15.8. The van der Waals surface area contributed by atoms with Crippen LogP contribution in [0.4, 0.5) is 0 Å². The Kier molecular flexibility index (Phi) is 13.2. The summed E-state index contributed by atoms with van der Waals surface area (Å²) in [6.45, 7) is 8.03. The fourth-order valence-electron chi connectivity index (χ4n) is 6.05. The minimum Gasteiger partial charge on any atom is -0.356 e. The van der Waals surface area contributed by atoms with Gasteiger partial charge in [-0.2, -0.15) is 0 Å². The number of likely N-dealkylation sites (tertiary alicyclic amines) is 1. The van der Waals surface area contributed by atoms with E-state index in [1.807, 2.05) is 24.3 Å². The average Bonchev–Trinajstić information content (AvgIpc) is 3.50. The van der Waals surface area contributed by atoms with Crippen LogP contribution in [0.2, 0.25) is 0 Å². The Morgan fingerprint density at radius 1 is 0.825 bits per heavy atom. The molecule has 2 aromatic carbocycles. The lowest BCUT2D eigenvalue weighted by Gasteiger charge is -2.32. The number of unbranched alkanes of at least 4 members (excludes halogenated alkanes) is 3. The van der Waals surface area contributed by atoms with E-state index in [9.17, 15) is 9.59 Å². The van der Waals surface area contributed by atoms with Crippen LogP contribution in [0.1, 0.15) is 69.8 Å². The predicted octanol–water partition coefficient (Wildman–Crippen LogP) is 4.01. The second kappa shape index (κ2) is 17.4. The third kappa shape index (κ3) is 10.5. The summed E-state index contributed by atoms with van der Waals surface area (Å²) in [4.78, 5) is 27.1. The lowest BCUT2D eigenvalue weighted by atomic mass is 9.96. The van der Waals surface area contributed by atoms with Crippen LogP contribution in [0.15, 0.2) is 42.5 Å². The summed E-state index contributed by atoms with van der Waals surface area (Å²) in [5, 5.41) is 16.1. The van der Waals surface area contributed by atoms with Gasteiger partial charge in [0, 0.05) is 38.6 Å². The summed E-state index contributed by atoms with van der Waals surface area (Å²) in [7, 11) is 0. The van der Waals surface area contributed by atoms with Crippen molar-refractivity contribution in [3.8, 4) is 0 Å². The molecule has 2 fully saturated rings. The van der Waals surface area contributed by atoms with E-state index >= 15 is 0 Å². The Morgan fingerprint density at radius 2 is 1.57 bits per heavy atom. The molecule has 220 valence electrons. The summed E-state index contributed by atoms with van der Waals surface area (Å²) in [6.07, 6.45) is 11.1. The molecule has 7 nitrogen and oxygen atoms in total. The quantitative estimate of drug-likeness (QED) is 0.224. The number of benzene rings is 2. The standard InChI is InChI=1S/C33H51N5O2/c39-32(24-29-12-8-11-28-10-3-4-14-31(28)29)37-20-5-1-2-15-33(40)38-22-16-27(17-23-38)25-34-18-6-7-19-35-26-30-13-9-21-36-30/h3-4,8,10-12,14,27,30,34-36H,1-2,5-7,9,13,15-26H2,(H,37,39)/t30-/m0/s1. The number of carbonyl (C=O) groups is 2. The van der Waals surface area contributed by atoms with Crippen LogP contribution in [0.25, 0.3) is 10.8 Å². The molecule has 4 N–H and O–H groups in total. The van der Waals surface area contributed by atoms with Crippen LogP contribution in [0, 0.1) is 5.92 Å². The minimum absolute atomic E-state index is 0.0640. The van der Waals surface area contributed by atoms with Crippen LogP contribution >= 0.6 is 0 Å². The Morgan fingerprint density at radius 3 is 2.38 bits per heavy atom. The molecule has 0 aromatic heterocycles. The molecule has 2 amide bonds. The van der Waals surface area contributed by atoms with Crippen molar-refractivity contribution in [1.29, 1.82) is 0 Å². The number of nitrogens with zero attached hydrogens (tertiary/aromatic N) is 1. The van der Waals surface area contributed by atoms with Gasteiger partial charge >= 0.3 is 0 Å². The summed E-state index contributed by atoms with van der Waals surface area (Å²) in [6, 6.07) is 15.0. The molecule has 0 saturated carbocycles. The smallest absolute Gasteiger partial charge is 0.224 e. The molecule has 2 aliphatic heterocycles. The van der Waals surface area contributed by atoms with E-state index in [1.165, 1.54) is 37.6 Å². The van der Waals surface area contributed by atoms with Gasteiger partial charge in [0.25, 0.3) is 0 Å². The second-order valence-electron chi connectivity index (χ2n) is 11.7. The highest BCUT2D eigenvalue weighted by Gasteiger charge is 2.22. The molecule has 0 unspecified atom stereocenters. The predicted molar refractivity (Wildman–Crippen MR) is 164 cm³/mol. The third-order valence-electron chi connectivity index (χ3n) is 8.53. The molecule has 40 heavy (non-hydrogen) atoms. The summed E-state index contributed by atoms with van der Waals surface area (Å²) in [5.41, 5.74) is 1.07. The normalized spacial score (nSPS) is 17.9.